The van der Waals surface area contributed by atoms with Gasteiger partial charge in [-0.25, -0.2) is 0 Å². The van der Waals surface area contributed by atoms with Gasteiger partial charge >= 0.3 is 0 Å². The van der Waals surface area contributed by atoms with Gasteiger partial charge in [-0.05, 0) is 54.7 Å². The van der Waals surface area contributed by atoms with E-state index in [1.165, 1.54) is 0 Å². The van der Waals surface area contributed by atoms with E-state index in [-0.39, 0.29) is 17.5 Å². The van der Waals surface area contributed by atoms with Crippen LogP contribution in [-0.4, -0.2) is 26.5 Å². The Morgan fingerprint density at radius 2 is 2.08 bits per heavy atom. The molecular weight excluding hydrogens is 328 g/mol. The Morgan fingerprint density at radius 1 is 1.23 bits per heavy atom. The molecule has 132 valence electrons. The number of pyridine rings is 2. The maximum absolute atomic E-state index is 12.4. The number of fused-ring (bicyclic) bond motifs is 1. The second-order valence-electron chi connectivity index (χ2n) is 6.58. The quantitative estimate of drug-likeness (QED) is 0.756. The van der Waals surface area contributed by atoms with Crippen molar-refractivity contribution in [2.45, 2.75) is 31.8 Å². The number of hydrogen-bond acceptors (Lipinski definition) is 3. The molecule has 6 heteroatoms. The highest BCUT2D eigenvalue weighted by atomic mass is 16.2. The van der Waals surface area contributed by atoms with Gasteiger partial charge in [-0.15, -0.1) is 0 Å². The fourth-order valence-corrected chi connectivity index (χ4v) is 3.53. The van der Waals surface area contributed by atoms with Gasteiger partial charge in [0.1, 0.15) is 5.69 Å². The smallest absolute Gasteiger partial charge is 0.267 e. The van der Waals surface area contributed by atoms with E-state index in [2.05, 4.69) is 15.3 Å². The van der Waals surface area contributed by atoms with Gasteiger partial charge in [-0.3, -0.25) is 14.6 Å². The van der Waals surface area contributed by atoms with Gasteiger partial charge in [-0.1, -0.05) is 6.07 Å². The average molecular weight is 348 g/mol. The molecule has 1 aliphatic carbocycles. The average Bonchev–Trinajstić information content (AvgIpc) is 3.20. The van der Waals surface area contributed by atoms with Crippen molar-refractivity contribution in [3.8, 4) is 0 Å². The number of hydrogen-bond donors (Lipinski definition) is 2. The van der Waals surface area contributed by atoms with Crippen LogP contribution in [0, 0.1) is 0 Å². The second kappa shape index (κ2) is 7.00. The van der Waals surface area contributed by atoms with Crippen LogP contribution in [0.5, 0.6) is 0 Å². The zero-order valence-corrected chi connectivity index (χ0v) is 14.3. The van der Waals surface area contributed by atoms with Crippen molar-refractivity contribution in [3.63, 3.8) is 0 Å². The number of aromatic nitrogens is 3. The van der Waals surface area contributed by atoms with Crippen LogP contribution in [-0.2, 0) is 19.4 Å². The topological polar surface area (TPSA) is 79.8 Å². The first kappa shape index (κ1) is 16.3. The highest BCUT2D eigenvalue weighted by Gasteiger charge is 2.23. The number of nitrogens with one attached hydrogen (secondary N) is 2. The Hall–Kier alpha value is -3.15. The van der Waals surface area contributed by atoms with Crippen LogP contribution >= 0.6 is 0 Å². The summed E-state index contributed by atoms with van der Waals surface area (Å²) in [6.07, 6.45) is 7.54. The van der Waals surface area contributed by atoms with Crippen LogP contribution in [0.4, 0.5) is 0 Å². The molecule has 0 aliphatic heterocycles. The summed E-state index contributed by atoms with van der Waals surface area (Å²) >= 11 is 0. The predicted octanol–water partition coefficient (Wildman–Crippen LogP) is 1.91. The molecule has 0 saturated heterocycles. The number of H-pyrrole nitrogens is 1. The summed E-state index contributed by atoms with van der Waals surface area (Å²) in [6.45, 7) is 0.546. The van der Waals surface area contributed by atoms with Crippen molar-refractivity contribution in [1.82, 2.24) is 19.9 Å². The molecule has 1 aliphatic rings. The molecule has 0 aromatic carbocycles. The van der Waals surface area contributed by atoms with E-state index in [4.69, 9.17) is 0 Å². The molecule has 1 amide bonds. The molecule has 3 heterocycles. The van der Waals surface area contributed by atoms with E-state index in [1.807, 2.05) is 28.8 Å². The Labute approximate surface area is 150 Å². The largest absolute Gasteiger partial charge is 0.357 e. The lowest BCUT2D eigenvalue weighted by Gasteiger charge is -2.27. The molecule has 1 atom stereocenters. The monoisotopic (exact) mass is 348 g/mol. The number of aromatic amines is 1. The zero-order chi connectivity index (χ0) is 17.9. The van der Waals surface area contributed by atoms with Crippen LogP contribution < -0.4 is 10.9 Å². The summed E-state index contributed by atoms with van der Waals surface area (Å²) in [7, 11) is 0. The second-order valence-corrected chi connectivity index (χ2v) is 6.58. The number of carbonyl (C=O) groups excluding carboxylic acids is 1. The Kier molecular flexibility index (Phi) is 4.39. The maximum Gasteiger partial charge on any atom is 0.267 e. The molecule has 26 heavy (non-hydrogen) atoms. The lowest BCUT2D eigenvalue weighted by molar-refractivity contribution is 0.0929. The van der Waals surface area contributed by atoms with Crippen molar-refractivity contribution in [2.24, 2.45) is 0 Å². The molecule has 0 saturated carbocycles. The number of amides is 1. The first-order valence-electron chi connectivity index (χ1n) is 8.75. The molecule has 3 aromatic rings. The molecule has 0 fully saturated rings. The van der Waals surface area contributed by atoms with Crippen molar-refractivity contribution in [2.75, 3.05) is 0 Å². The van der Waals surface area contributed by atoms with Crippen molar-refractivity contribution >= 4 is 5.91 Å². The van der Waals surface area contributed by atoms with E-state index in [9.17, 15) is 9.59 Å². The van der Waals surface area contributed by atoms with Crippen molar-refractivity contribution in [1.29, 1.82) is 0 Å². The van der Waals surface area contributed by atoms with Crippen molar-refractivity contribution in [3.05, 3.63) is 87.9 Å². The van der Waals surface area contributed by atoms with Crippen LogP contribution in [0.3, 0.4) is 0 Å². The predicted molar refractivity (Wildman–Crippen MR) is 98.1 cm³/mol. The minimum absolute atomic E-state index is 0.00873. The number of carbonyl (C=O) groups is 1. The molecule has 1 unspecified atom stereocenters. The number of rotatable bonds is 4. The fourth-order valence-electron chi connectivity index (χ4n) is 3.53. The lowest BCUT2D eigenvalue weighted by Crippen LogP contribution is -2.40. The summed E-state index contributed by atoms with van der Waals surface area (Å²) in [5, 5.41) is 3.08. The first-order valence-corrected chi connectivity index (χ1v) is 8.75. The summed E-state index contributed by atoms with van der Waals surface area (Å²) in [6, 6.07) is 11.0. The summed E-state index contributed by atoms with van der Waals surface area (Å²) in [5.74, 6) is -0.0893. The van der Waals surface area contributed by atoms with Gasteiger partial charge in [0.05, 0.1) is 6.54 Å². The van der Waals surface area contributed by atoms with E-state index in [1.54, 1.807) is 30.7 Å². The molecule has 0 radical (unpaired) electrons. The summed E-state index contributed by atoms with van der Waals surface area (Å²) < 4.78 is 1.84. The molecule has 2 N–H and O–H groups in total. The first-order chi connectivity index (χ1) is 12.7. The van der Waals surface area contributed by atoms with Gasteiger partial charge < -0.3 is 14.9 Å². The molecule has 0 spiro atoms. The van der Waals surface area contributed by atoms with Gasteiger partial charge in [0.2, 0.25) is 0 Å². The summed E-state index contributed by atoms with van der Waals surface area (Å²) in [5.41, 5.74) is 3.83. The molecular formula is C20H20N4O2. The van der Waals surface area contributed by atoms with Crippen LogP contribution in [0.15, 0.2) is 59.8 Å². The van der Waals surface area contributed by atoms with E-state index in [0.29, 0.717) is 12.2 Å². The minimum Gasteiger partial charge on any atom is -0.357 e. The van der Waals surface area contributed by atoms with Gasteiger partial charge in [-0.2, -0.15) is 0 Å². The lowest BCUT2D eigenvalue weighted by atomic mass is 9.91. The van der Waals surface area contributed by atoms with E-state index < -0.39 is 0 Å². The molecule has 6 nitrogen and oxygen atoms in total. The maximum atomic E-state index is 12.4. The fraction of sp³-hybridized carbons (Fsp3) is 0.250. The van der Waals surface area contributed by atoms with Crippen LogP contribution in [0.25, 0.3) is 0 Å². The third kappa shape index (κ3) is 3.31. The van der Waals surface area contributed by atoms with Crippen LogP contribution in [0.2, 0.25) is 0 Å². The van der Waals surface area contributed by atoms with Crippen molar-refractivity contribution < 1.29 is 4.79 Å². The zero-order valence-electron chi connectivity index (χ0n) is 14.3. The Bertz CT molecular complexity index is 961. The molecule has 3 aromatic heterocycles. The van der Waals surface area contributed by atoms with E-state index >= 15 is 0 Å². The van der Waals surface area contributed by atoms with E-state index in [0.717, 1.165) is 36.1 Å². The van der Waals surface area contributed by atoms with Gasteiger partial charge in [0, 0.05) is 36.4 Å². The number of nitrogens with zero attached hydrogens (tertiary/aromatic N) is 2. The van der Waals surface area contributed by atoms with Crippen LogP contribution in [0.1, 0.15) is 33.7 Å². The third-order valence-corrected chi connectivity index (χ3v) is 4.85. The minimum atomic E-state index is -0.0893. The van der Waals surface area contributed by atoms with Gasteiger partial charge in [0.25, 0.3) is 11.5 Å². The SMILES string of the molecule is O=C(NC1CCc2c(ccc(=O)n2Cc2ccncc2)C1)c1ccc[nH]1. The molecule has 4 rings (SSSR count). The highest BCUT2D eigenvalue weighted by molar-refractivity contribution is 5.92. The summed E-state index contributed by atoms with van der Waals surface area (Å²) in [4.78, 5) is 31.6. The third-order valence-electron chi connectivity index (χ3n) is 4.85. The standard InChI is InChI=1S/C20H20N4O2/c25-19-6-3-15-12-16(23-20(26)17-2-1-9-22-17)4-5-18(15)24(19)13-14-7-10-21-11-8-14/h1-3,6-11,16,22H,4-5,12-13H2,(H,23,26). The Morgan fingerprint density at radius 3 is 2.85 bits per heavy atom. The molecule has 0 bridgehead atoms. The Balaban J connectivity index is 1.54. The highest BCUT2D eigenvalue weighted by Crippen LogP contribution is 2.21. The normalized spacial score (nSPS) is 16.1. The van der Waals surface area contributed by atoms with Gasteiger partial charge in [0.15, 0.2) is 0 Å².